The van der Waals surface area contributed by atoms with Gasteiger partial charge >= 0.3 is 5.97 Å². The SMILES string of the molecule is CCOC(=O)CCCc1ccc(Cl)c(C(C2CCCCC2)C2CCNC2=O)c1F. The number of amides is 1. The molecule has 6 heteroatoms. The summed E-state index contributed by atoms with van der Waals surface area (Å²) in [4.78, 5) is 24.1. The number of halogens is 2. The maximum atomic E-state index is 15.7. The number of nitrogens with one attached hydrogen (secondary N) is 1. The molecule has 2 fully saturated rings. The van der Waals surface area contributed by atoms with Crippen molar-refractivity contribution < 1.29 is 18.7 Å². The molecule has 2 unspecified atom stereocenters. The summed E-state index contributed by atoms with van der Waals surface area (Å²) >= 11 is 6.52. The van der Waals surface area contributed by atoms with E-state index in [4.69, 9.17) is 16.3 Å². The van der Waals surface area contributed by atoms with E-state index in [2.05, 4.69) is 5.32 Å². The normalized spacial score (nSPS) is 21.1. The third kappa shape index (κ3) is 5.30. The lowest BCUT2D eigenvalue weighted by Gasteiger charge is -2.34. The van der Waals surface area contributed by atoms with Crippen molar-refractivity contribution in [1.82, 2.24) is 5.32 Å². The average molecular weight is 424 g/mol. The minimum Gasteiger partial charge on any atom is -0.466 e. The van der Waals surface area contributed by atoms with Crippen LogP contribution >= 0.6 is 11.6 Å². The van der Waals surface area contributed by atoms with E-state index >= 15 is 4.39 Å². The van der Waals surface area contributed by atoms with Crippen LogP contribution in [-0.4, -0.2) is 25.0 Å². The topological polar surface area (TPSA) is 55.4 Å². The van der Waals surface area contributed by atoms with Crippen LogP contribution in [0, 0.1) is 17.7 Å². The molecule has 2 aliphatic rings. The molecule has 1 amide bonds. The molecule has 4 nitrogen and oxygen atoms in total. The molecule has 2 atom stereocenters. The number of esters is 1. The summed E-state index contributed by atoms with van der Waals surface area (Å²) in [7, 11) is 0. The van der Waals surface area contributed by atoms with Crippen molar-refractivity contribution in [3.05, 3.63) is 34.1 Å². The number of benzene rings is 1. The maximum Gasteiger partial charge on any atom is 0.305 e. The number of carbonyl (C=O) groups excluding carboxylic acids is 2. The van der Waals surface area contributed by atoms with E-state index in [0.717, 1.165) is 32.1 Å². The molecule has 160 valence electrons. The van der Waals surface area contributed by atoms with Gasteiger partial charge in [-0.1, -0.05) is 36.9 Å². The van der Waals surface area contributed by atoms with Gasteiger partial charge in [-0.2, -0.15) is 0 Å². The van der Waals surface area contributed by atoms with Gasteiger partial charge < -0.3 is 10.1 Å². The lowest BCUT2D eigenvalue weighted by Crippen LogP contribution is -2.30. The van der Waals surface area contributed by atoms with E-state index in [1.165, 1.54) is 6.42 Å². The molecule has 1 aliphatic heterocycles. The second kappa shape index (κ2) is 10.4. The predicted molar refractivity (Wildman–Crippen MR) is 111 cm³/mol. The number of rotatable bonds is 8. The van der Waals surface area contributed by atoms with Gasteiger partial charge in [-0.3, -0.25) is 9.59 Å². The second-order valence-corrected chi connectivity index (χ2v) is 8.61. The Kier molecular flexibility index (Phi) is 7.93. The van der Waals surface area contributed by atoms with E-state index in [9.17, 15) is 9.59 Å². The van der Waals surface area contributed by atoms with Crippen molar-refractivity contribution in [1.29, 1.82) is 0 Å². The zero-order valence-corrected chi connectivity index (χ0v) is 17.9. The number of hydrogen-bond acceptors (Lipinski definition) is 3. The highest BCUT2D eigenvalue weighted by atomic mass is 35.5. The molecule has 1 N–H and O–H groups in total. The molecule has 29 heavy (non-hydrogen) atoms. The summed E-state index contributed by atoms with van der Waals surface area (Å²) in [5.74, 6) is -0.667. The van der Waals surface area contributed by atoms with Crippen molar-refractivity contribution in [3.8, 4) is 0 Å². The largest absolute Gasteiger partial charge is 0.466 e. The Bertz CT molecular complexity index is 733. The molecule has 1 aromatic rings. The molecule has 1 saturated carbocycles. The van der Waals surface area contributed by atoms with Crippen LogP contribution in [0.4, 0.5) is 4.39 Å². The number of aryl methyl sites for hydroxylation is 1. The van der Waals surface area contributed by atoms with Crippen LogP contribution in [0.3, 0.4) is 0 Å². The number of ether oxygens (including phenoxy) is 1. The predicted octanol–water partition coefficient (Wildman–Crippen LogP) is 5.16. The molecule has 1 aromatic carbocycles. The first-order valence-corrected chi connectivity index (χ1v) is 11.3. The van der Waals surface area contributed by atoms with Gasteiger partial charge in [-0.15, -0.1) is 0 Å². The van der Waals surface area contributed by atoms with Crippen molar-refractivity contribution in [2.24, 2.45) is 11.8 Å². The van der Waals surface area contributed by atoms with Gasteiger partial charge in [0.1, 0.15) is 5.82 Å². The fraction of sp³-hybridized carbons (Fsp3) is 0.652. The molecule has 0 radical (unpaired) electrons. The number of hydrogen-bond donors (Lipinski definition) is 1. The van der Waals surface area contributed by atoms with Crippen LogP contribution in [0.1, 0.15) is 75.3 Å². The lowest BCUT2D eigenvalue weighted by atomic mass is 9.70. The van der Waals surface area contributed by atoms with Crippen LogP contribution < -0.4 is 5.32 Å². The van der Waals surface area contributed by atoms with Crippen molar-refractivity contribution in [2.75, 3.05) is 13.2 Å². The van der Waals surface area contributed by atoms with E-state index in [-0.39, 0.29) is 41.9 Å². The molecular formula is C23H31ClFNO3. The Morgan fingerprint density at radius 3 is 2.69 bits per heavy atom. The van der Waals surface area contributed by atoms with Gasteiger partial charge in [0, 0.05) is 35.4 Å². The highest BCUT2D eigenvalue weighted by Crippen LogP contribution is 2.46. The second-order valence-electron chi connectivity index (χ2n) is 8.20. The lowest BCUT2D eigenvalue weighted by molar-refractivity contribution is -0.143. The van der Waals surface area contributed by atoms with Crippen molar-refractivity contribution >= 4 is 23.5 Å². The summed E-state index contributed by atoms with van der Waals surface area (Å²) in [6, 6.07) is 3.46. The van der Waals surface area contributed by atoms with E-state index < -0.39 is 0 Å². The van der Waals surface area contributed by atoms with Crippen LogP contribution in [0.5, 0.6) is 0 Å². The Morgan fingerprint density at radius 1 is 1.28 bits per heavy atom. The smallest absolute Gasteiger partial charge is 0.305 e. The van der Waals surface area contributed by atoms with Crippen molar-refractivity contribution in [2.45, 2.75) is 70.6 Å². The highest BCUT2D eigenvalue weighted by molar-refractivity contribution is 6.31. The standard InChI is InChI=1S/C23H31ClFNO3/c1-2-29-19(27)10-6-9-16-11-12-18(24)21(22(16)25)20(15-7-4-3-5-8-15)17-13-14-26-23(17)28/h11-12,15,17,20H,2-10,13-14H2,1H3,(H,26,28). The molecule has 0 spiro atoms. The summed E-state index contributed by atoms with van der Waals surface area (Å²) in [6.45, 7) is 2.77. The summed E-state index contributed by atoms with van der Waals surface area (Å²) in [6.07, 6.45) is 7.42. The van der Waals surface area contributed by atoms with Gasteiger partial charge in [0.05, 0.1) is 6.61 Å². The Hall–Kier alpha value is -1.62. The Balaban J connectivity index is 1.86. The first-order valence-electron chi connectivity index (χ1n) is 10.9. The van der Waals surface area contributed by atoms with Crippen LogP contribution in [0.15, 0.2) is 12.1 Å². The zero-order chi connectivity index (χ0) is 20.8. The molecule has 1 heterocycles. The monoisotopic (exact) mass is 423 g/mol. The minimum atomic E-state index is -0.295. The molecule has 1 aliphatic carbocycles. The molecule has 0 bridgehead atoms. The third-order valence-electron chi connectivity index (χ3n) is 6.35. The minimum absolute atomic E-state index is 0.0174. The Morgan fingerprint density at radius 2 is 2.03 bits per heavy atom. The number of carbonyl (C=O) groups is 2. The van der Waals surface area contributed by atoms with Gasteiger partial charge in [-0.05, 0) is 56.6 Å². The Labute approximate surface area is 177 Å². The van der Waals surface area contributed by atoms with Gasteiger partial charge in [0.15, 0.2) is 0 Å². The van der Waals surface area contributed by atoms with E-state index in [0.29, 0.717) is 42.1 Å². The maximum absolute atomic E-state index is 15.7. The first-order chi connectivity index (χ1) is 14.0. The van der Waals surface area contributed by atoms with E-state index in [1.54, 1.807) is 19.1 Å². The van der Waals surface area contributed by atoms with Crippen LogP contribution in [0.2, 0.25) is 5.02 Å². The third-order valence-corrected chi connectivity index (χ3v) is 6.68. The molecule has 3 rings (SSSR count). The fourth-order valence-corrected chi connectivity index (χ4v) is 5.26. The quantitative estimate of drug-likeness (QED) is 0.587. The molecule has 0 aromatic heterocycles. The van der Waals surface area contributed by atoms with Crippen LogP contribution in [0.25, 0.3) is 0 Å². The summed E-state index contributed by atoms with van der Waals surface area (Å²) in [5.41, 5.74) is 1.07. The van der Waals surface area contributed by atoms with E-state index in [1.807, 2.05) is 0 Å². The molecule has 1 saturated heterocycles. The average Bonchev–Trinajstić information content (AvgIpc) is 3.13. The first kappa shape index (κ1) is 22.1. The van der Waals surface area contributed by atoms with Gasteiger partial charge in [0.2, 0.25) is 5.91 Å². The molecular weight excluding hydrogens is 393 g/mol. The van der Waals surface area contributed by atoms with Gasteiger partial charge in [0.25, 0.3) is 0 Å². The van der Waals surface area contributed by atoms with Crippen LogP contribution in [-0.2, 0) is 20.7 Å². The summed E-state index contributed by atoms with van der Waals surface area (Å²) < 4.78 is 20.6. The van der Waals surface area contributed by atoms with Gasteiger partial charge in [-0.25, -0.2) is 4.39 Å². The van der Waals surface area contributed by atoms with Crippen molar-refractivity contribution in [3.63, 3.8) is 0 Å². The highest BCUT2D eigenvalue weighted by Gasteiger charge is 2.40. The fourth-order valence-electron chi connectivity index (χ4n) is 4.98. The summed E-state index contributed by atoms with van der Waals surface area (Å²) in [5, 5.41) is 3.32. The zero-order valence-electron chi connectivity index (χ0n) is 17.1.